The zero-order valence-corrected chi connectivity index (χ0v) is 11.2. The van der Waals surface area contributed by atoms with Crippen LogP contribution in [0.1, 0.15) is 63.5 Å². The Labute approximate surface area is 105 Å². The third kappa shape index (κ3) is 3.89. The first-order chi connectivity index (χ1) is 8.29. The summed E-state index contributed by atoms with van der Waals surface area (Å²) in [6.45, 7) is 6.34. The summed E-state index contributed by atoms with van der Waals surface area (Å²) >= 11 is 0. The van der Waals surface area contributed by atoms with E-state index >= 15 is 0 Å². The second-order valence-electron chi connectivity index (χ2n) is 4.69. The monoisotopic (exact) mass is 229 g/mol. The maximum Gasteiger partial charge on any atom is 0.0991 e. The third-order valence-corrected chi connectivity index (χ3v) is 3.53. The minimum absolute atomic E-state index is 0.731. The fourth-order valence-corrected chi connectivity index (χ4v) is 2.42. The third-order valence-electron chi connectivity index (χ3n) is 3.53. The maximum absolute atomic E-state index is 8.72. The lowest BCUT2D eigenvalue weighted by atomic mass is 9.79. The lowest BCUT2D eigenvalue weighted by Gasteiger charge is -2.26. The van der Waals surface area contributed by atoms with E-state index in [1.807, 2.05) is 26.0 Å². The summed E-state index contributed by atoms with van der Waals surface area (Å²) in [5.74, 6) is 1.63. The molecular formula is C16H23N. The van der Waals surface area contributed by atoms with Gasteiger partial charge in [-0.3, -0.25) is 0 Å². The summed E-state index contributed by atoms with van der Waals surface area (Å²) in [6.07, 6.45) is 5.33. The molecule has 0 aliphatic heterocycles. The molecule has 0 unspecified atom stereocenters. The van der Waals surface area contributed by atoms with Gasteiger partial charge in [0.05, 0.1) is 11.6 Å². The van der Waals surface area contributed by atoms with Crippen molar-refractivity contribution in [3.05, 3.63) is 35.4 Å². The molecule has 2 rings (SSSR count). The molecule has 1 heteroatoms. The first kappa shape index (κ1) is 13.8. The number of benzene rings is 1. The van der Waals surface area contributed by atoms with Crippen LogP contribution < -0.4 is 0 Å². The molecule has 0 bridgehead atoms. The Morgan fingerprint density at radius 1 is 1.00 bits per heavy atom. The molecule has 1 fully saturated rings. The molecule has 1 aromatic rings. The van der Waals surface area contributed by atoms with E-state index in [0.717, 1.165) is 17.4 Å². The predicted molar refractivity (Wildman–Crippen MR) is 72.9 cm³/mol. The molecule has 0 radical (unpaired) electrons. The van der Waals surface area contributed by atoms with Crippen molar-refractivity contribution in [1.82, 2.24) is 0 Å². The largest absolute Gasteiger partial charge is 0.192 e. The molecule has 1 nitrogen and oxygen atoms in total. The number of nitriles is 1. The van der Waals surface area contributed by atoms with Gasteiger partial charge in [-0.1, -0.05) is 45.7 Å². The van der Waals surface area contributed by atoms with Gasteiger partial charge in [-0.25, -0.2) is 0 Å². The molecule has 1 aromatic carbocycles. The zero-order chi connectivity index (χ0) is 12.7. The van der Waals surface area contributed by atoms with Crippen molar-refractivity contribution in [3.8, 4) is 6.07 Å². The average molecular weight is 229 g/mol. The van der Waals surface area contributed by atoms with E-state index in [2.05, 4.69) is 25.1 Å². The van der Waals surface area contributed by atoms with Crippen LogP contribution in [0.5, 0.6) is 0 Å². The van der Waals surface area contributed by atoms with E-state index in [9.17, 15) is 0 Å². The lowest BCUT2D eigenvalue weighted by Crippen LogP contribution is -2.10. The standard InChI is InChI=1S/C14H17N.C2H6/c1-11-2-6-13(7-3-11)14-8-4-12(10-15)5-9-14;1-2/h4-5,8-9,11,13H,2-3,6-7H2,1H3;1-2H3. The van der Waals surface area contributed by atoms with E-state index in [4.69, 9.17) is 5.26 Å². The lowest BCUT2D eigenvalue weighted by molar-refractivity contribution is 0.348. The molecule has 17 heavy (non-hydrogen) atoms. The van der Waals surface area contributed by atoms with Crippen LogP contribution in [0.2, 0.25) is 0 Å². The van der Waals surface area contributed by atoms with Gasteiger partial charge < -0.3 is 0 Å². The first-order valence-electron chi connectivity index (χ1n) is 6.79. The van der Waals surface area contributed by atoms with Crippen LogP contribution in [0.25, 0.3) is 0 Å². The van der Waals surface area contributed by atoms with Crippen LogP contribution in [0.15, 0.2) is 24.3 Å². The van der Waals surface area contributed by atoms with E-state index in [0.29, 0.717) is 0 Å². The number of rotatable bonds is 1. The van der Waals surface area contributed by atoms with Crippen molar-refractivity contribution in [2.24, 2.45) is 5.92 Å². The van der Waals surface area contributed by atoms with Crippen molar-refractivity contribution in [1.29, 1.82) is 5.26 Å². The number of nitrogens with zero attached hydrogens (tertiary/aromatic N) is 1. The highest BCUT2D eigenvalue weighted by molar-refractivity contribution is 5.33. The van der Waals surface area contributed by atoms with Crippen LogP contribution in [-0.4, -0.2) is 0 Å². The molecule has 92 valence electrons. The predicted octanol–water partition coefficient (Wildman–Crippen LogP) is 4.88. The Morgan fingerprint density at radius 2 is 1.53 bits per heavy atom. The molecule has 0 saturated heterocycles. The van der Waals surface area contributed by atoms with E-state index in [-0.39, 0.29) is 0 Å². The van der Waals surface area contributed by atoms with Gasteiger partial charge in [-0.15, -0.1) is 0 Å². The smallest absolute Gasteiger partial charge is 0.0991 e. The van der Waals surface area contributed by atoms with Crippen molar-refractivity contribution in [2.45, 2.75) is 52.4 Å². The van der Waals surface area contributed by atoms with Crippen molar-refractivity contribution >= 4 is 0 Å². The highest BCUT2D eigenvalue weighted by atomic mass is 14.3. The van der Waals surface area contributed by atoms with Gasteiger partial charge >= 0.3 is 0 Å². The van der Waals surface area contributed by atoms with Gasteiger partial charge in [0.1, 0.15) is 0 Å². The topological polar surface area (TPSA) is 23.8 Å². The minimum atomic E-state index is 0.731. The van der Waals surface area contributed by atoms with E-state index in [1.165, 1.54) is 31.2 Å². The quantitative estimate of drug-likeness (QED) is 0.673. The fraction of sp³-hybridized carbons (Fsp3) is 0.562. The molecule has 0 spiro atoms. The highest BCUT2D eigenvalue weighted by Crippen LogP contribution is 2.35. The molecule has 1 aliphatic carbocycles. The van der Waals surface area contributed by atoms with E-state index < -0.39 is 0 Å². The average Bonchev–Trinajstić information content (AvgIpc) is 2.42. The van der Waals surface area contributed by atoms with Crippen LogP contribution >= 0.6 is 0 Å². The van der Waals surface area contributed by atoms with Gasteiger partial charge in [0, 0.05) is 0 Å². The Balaban J connectivity index is 0.000000686. The second kappa shape index (κ2) is 7.12. The first-order valence-corrected chi connectivity index (χ1v) is 6.79. The summed E-state index contributed by atoms with van der Waals surface area (Å²) in [5.41, 5.74) is 2.18. The van der Waals surface area contributed by atoms with Crippen LogP contribution in [0, 0.1) is 17.2 Å². The number of hydrogen-bond acceptors (Lipinski definition) is 1. The summed E-state index contributed by atoms with van der Waals surface area (Å²) in [5, 5.41) is 8.72. The molecule has 1 aliphatic rings. The van der Waals surface area contributed by atoms with Crippen LogP contribution in [0.4, 0.5) is 0 Å². The molecule has 0 heterocycles. The molecule has 0 amide bonds. The van der Waals surface area contributed by atoms with Crippen molar-refractivity contribution < 1.29 is 0 Å². The van der Waals surface area contributed by atoms with Gasteiger partial charge in [0.2, 0.25) is 0 Å². The SMILES string of the molecule is CC.CC1CCC(c2ccc(C#N)cc2)CC1. The molecule has 0 atom stereocenters. The maximum atomic E-state index is 8.72. The molecule has 0 N–H and O–H groups in total. The minimum Gasteiger partial charge on any atom is -0.192 e. The Morgan fingerprint density at radius 3 is 2.00 bits per heavy atom. The molecule has 1 saturated carbocycles. The summed E-state index contributed by atoms with van der Waals surface area (Å²) in [6, 6.07) is 10.3. The van der Waals surface area contributed by atoms with Gasteiger partial charge in [0.25, 0.3) is 0 Å². The Bertz CT molecular complexity index is 350. The van der Waals surface area contributed by atoms with Gasteiger partial charge in [0.15, 0.2) is 0 Å². The molecular weight excluding hydrogens is 206 g/mol. The highest BCUT2D eigenvalue weighted by Gasteiger charge is 2.19. The van der Waals surface area contributed by atoms with Crippen LogP contribution in [0.3, 0.4) is 0 Å². The summed E-state index contributed by atoms with van der Waals surface area (Å²) in [7, 11) is 0. The normalized spacial score (nSPS) is 23.2. The summed E-state index contributed by atoms with van der Waals surface area (Å²) < 4.78 is 0. The van der Waals surface area contributed by atoms with Crippen LogP contribution in [-0.2, 0) is 0 Å². The van der Waals surface area contributed by atoms with E-state index in [1.54, 1.807) is 0 Å². The Hall–Kier alpha value is -1.29. The molecule has 0 aromatic heterocycles. The van der Waals surface area contributed by atoms with Gasteiger partial charge in [-0.2, -0.15) is 5.26 Å². The number of hydrogen-bond donors (Lipinski definition) is 0. The van der Waals surface area contributed by atoms with Gasteiger partial charge in [-0.05, 0) is 42.4 Å². The zero-order valence-electron chi connectivity index (χ0n) is 11.2. The Kier molecular flexibility index (Phi) is 5.77. The van der Waals surface area contributed by atoms with Crippen molar-refractivity contribution in [3.63, 3.8) is 0 Å². The van der Waals surface area contributed by atoms with Crippen molar-refractivity contribution in [2.75, 3.05) is 0 Å². The second-order valence-corrected chi connectivity index (χ2v) is 4.69. The fourth-order valence-electron chi connectivity index (χ4n) is 2.42. The summed E-state index contributed by atoms with van der Waals surface area (Å²) in [4.78, 5) is 0.